The third-order valence-electron chi connectivity index (χ3n) is 3.84. The highest BCUT2D eigenvalue weighted by Gasteiger charge is 2.11. The van der Waals surface area contributed by atoms with Gasteiger partial charge < -0.3 is 4.57 Å². The van der Waals surface area contributed by atoms with Gasteiger partial charge in [-0.15, -0.1) is 11.6 Å². The minimum atomic E-state index is 0.429. The Bertz CT molecular complexity index is 575. The lowest BCUT2D eigenvalue weighted by Gasteiger charge is -2.08. The number of fused-ring (bicyclic) bond motifs is 1. The van der Waals surface area contributed by atoms with Crippen LogP contribution in [0.25, 0.3) is 11.0 Å². The van der Waals surface area contributed by atoms with Gasteiger partial charge in [-0.1, -0.05) is 57.2 Å². The van der Waals surface area contributed by atoms with Gasteiger partial charge in [-0.3, -0.25) is 0 Å². The molecule has 0 aliphatic carbocycles. The van der Waals surface area contributed by atoms with Crippen LogP contribution in [0.4, 0.5) is 0 Å². The lowest BCUT2D eigenvalue weighted by Crippen LogP contribution is -2.02. The van der Waals surface area contributed by atoms with Gasteiger partial charge in [0, 0.05) is 6.54 Å². The average Bonchev–Trinajstić information content (AvgIpc) is 2.82. The van der Waals surface area contributed by atoms with Crippen molar-refractivity contribution in [2.45, 2.75) is 58.4 Å². The molecule has 0 unspecified atom stereocenters. The molecule has 2 rings (SSSR count). The summed E-state index contributed by atoms with van der Waals surface area (Å²) in [7, 11) is 0. The van der Waals surface area contributed by atoms with E-state index in [4.69, 9.17) is 23.2 Å². The summed E-state index contributed by atoms with van der Waals surface area (Å²) in [5, 5.41) is 0.703. The van der Waals surface area contributed by atoms with E-state index in [1.165, 1.54) is 32.1 Å². The van der Waals surface area contributed by atoms with Crippen molar-refractivity contribution in [1.29, 1.82) is 0 Å². The lowest BCUT2D eigenvalue weighted by atomic mass is 10.0. The van der Waals surface area contributed by atoms with E-state index < -0.39 is 0 Å². The van der Waals surface area contributed by atoms with Crippen LogP contribution in [0.5, 0.6) is 0 Å². The topological polar surface area (TPSA) is 17.8 Å². The normalized spacial score (nSPS) is 11.7. The average molecular weight is 327 g/mol. The van der Waals surface area contributed by atoms with Crippen molar-refractivity contribution in [1.82, 2.24) is 9.55 Å². The number of hydrogen-bond acceptors (Lipinski definition) is 1. The highest BCUT2D eigenvalue weighted by Crippen LogP contribution is 2.25. The van der Waals surface area contributed by atoms with Gasteiger partial charge in [-0.25, -0.2) is 4.98 Å². The van der Waals surface area contributed by atoms with Gasteiger partial charge in [-0.2, -0.15) is 0 Å². The van der Waals surface area contributed by atoms with Crippen LogP contribution in [0.1, 0.15) is 51.8 Å². The summed E-state index contributed by atoms with van der Waals surface area (Å²) < 4.78 is 2.22. The van der Waals surface area contributed by atoms with Crippen LogP contribution >= 0.6 is 23.2 Å². The van der Waals surface area contributed by atoms with E-state index in [-0.39, 0.29) is 0 Å². The molecule has 2 nitrogen and oxygen atoms in total. The fourth-order valence-corrected chi connectivity index (χ4v) is 3.10. The number of halogens is 2. The monoisotopic (exact) mass is 326 g/mol. The van der Waals surface area contributed by atoms with E-state index >= 15 is 0 Å². The standard InChI is InChI=1S/C17H24Cl2N2/c1-13(2)8-5-3-4-6-11-21-15-10-7-9-14(19)17(15)20-16(21)12-18/h7,9-10,13H,3-6,8,11-12H2,1-2H3. The molecule has 0 spiro atoms. The van der Waals surface area contributed by atoms with Crippen LogP contribution in [0.2, 0.25) is 5.02 Å². The van der Waals surface area contributed by atoms with E-state index in [2.05, 4.69) is 29.5 Å². The summed E-state index contributed by atoms with van der Waals surface area (Å²) in [4.78, 5) is 4.57. The second kappa shape index (κ2) is 8.05. The van der Waals surface area contributed by atoms with E-state index in [9.17, 15) is 0 Å². The Hall–Kier alpha value is -0.730. The van der Waals surface area contributed by atoms with Gasteiger partial charge >= 0.3 is 0 Å². The number of benzene rings is 1. The maximum atomic E-state index is 6.21. The molecule has 116 valence electrons. The number of imidazole rings is 1. The Morgan fingerprint density at radius 3 is 2.62 bits per heavy atom. The van der Waals surface area contributed by atoms with E-state index in [0.717, 1.165) is 29.3 Å². The highest BCUT2D eigenvalue weighted by molar-refractivity contribution is 6.35. The van der Waals surface area contributed by atoms with Crippen molar-refractivity contribution in [2.75, 3.05) is 0 Å². The first kappa shape index (κ1) is 16.6. The number of hydrogen-bond donors (Lipinski definition) is 0. The molecule has 0 amide bonds. The maximum absolute atomic E-state index is 6.21. The summed E-state index contributed by atoms with van der Waals surface area (Å²) in [6.45, 7) is 5.54. The molecule has 4 heteroatoms. The van der Waals surface area contributed by atoms with Gasteiger partial charge in [0.15, 0.2) is 0 Å². The lowest BCUT2D eigenvalue weighted by molar-refractivity contribution is 0.505. The zero-order valence-electron chi connectivity index (χ0n) is 12.9. The molecule has 0 bridgehead atoms. The van der Waals surface area contributed by atoms with Crippen molar-refractivity contribution in [3.05, 3.63) is 29.0 Å². The SMILES string of the molecule is CC(C)CCCCCCn1c(CCl)nc2c(Cl)cccc21. The first-order valence-electron chi connectivity index (χ1n) is 7.83. The first-order chi connectivity index (χ1) is 10.1. The second-order valence-corrected chi connectivity index (χ2v) is 6.69. The second-order valence-electron chi connectivity index (χ2n) is 6.02. The summed E-state index contributed by atoms with van der Waals surface area (Å²) in [5.41, 5.74) is 1.97. The smallest absolute Gasteiger partial charge is 0.124 e. The molecule has 0 N–H and O–H groups in total. The summed E-state index contributed by atoms with van der Waals surface area (Å²) in [6.07, 6.45) is 6.39. The minimum absolute atomic E-state index is 0.429. The molecule has 1 aromatic heterocycles. The molecule has 0 atom stereocenters. The van der Waals surface area contributed by atoms with E-state index in [1.807, 2.05) is 12.1 Å². The van der Waals surface area contributed by atoms with Crippen molar-refractivity contribution in [3.8, 4) is 0 Å². The molecule has 1 aromatic carbocycles. The third kappa shape index (κ3) is 4.37. The quantitative estimate of drug-likeness (QED) is 0.427. The highest BCUT2D eigenvalue weighted by atomic mass is 35.5. The Morgan fingerprint density at radius 2 is 1.90 bits per heavy atom. The van der Waals surface area contributed by atoms with Crippen LogP contribution in [0, 0.1) is 5.92 Å². The Labute approximate surface area is 137 Å². The fraction of sp³-hybridized carbons (Fsp3) is 0.588. The molecule has 2 aromatic rings. The molecular formula is C17H24Cl2N2. The third-order valence-corrected chi connectivity index (χ3v) is 4.39. The van der Waals surface area contributed by atoms with E-state index in [1.54, 1.807) is 0 Å². The predicted octanol–water partition coefficient (Wildman–Crippen LogP) is 6.04. The zero-order valence-corrected chi connectivity index (χ0v) is 14.4. The predicted molar refractivity (Wildman–Crippen MR) is 92.2 cm³/mol. The largest absolute Gasteiger partial charge is 0.327 e. The number of aryl methyl sites for hydroxylation is 1. The van der Waals surface area contributed by atoms with Crippen molar-refractivity contribution in [3.63, 3.8) is 0 Å². The Balaban J connectivity index is 1.96. The molecular weight excluding hydrogens is 303 g/mol. The van der Waals surface area contributed by atoms with Crippen LogP contribution in [-0.4, -0.2) is 9.55 Å². The molecule has 0 fully saturated rings. The molecule has 0 saturated carbocycles. The number of rotatable bonds is 8. The van der Waals surface area contributed by atoms with Gasteiger partial charge in [0.2, 0.25) is 0 Å². The molecule has 1 heterocycles. The summed E-state index contributed by atoms with van der Waals surface area (Å²) >= 11 is 12.2. The van der Waals surface area contributed by atoms with Gasteiger partial charge in [0.1, 0.15) is 11.3 Å². The molecule has 0 saturated heterocycles. The van der Waals surface area contributed by atoms with Crippen molar-refractivity contribution in [2.24, 2.45) is 5.92 Å². The first-order valence-corrected chi connectivity index (χ1v) is 8.74. The van der Waals surface area contributed by atoms with Crippen LogP contribution in [-0.2, 0) is 12.4 Å². The van der Waals surface area contributed by atoms with Crippen LogP contribution in [0.15, 0.2) is 18.2 Å². The summed E-state index contributed by atoms with van der Waals surface area (Å²) in [5.74, 6) is 2.16. The maximum Gasteiger partial charge on any atom is 0.124 e. The van der Waals surface area contributed by atoms with Gasteiger partial charge in [0.25, 0.3) is 0 Å². The number of aromatic nitrogens is 2. The number of para-hydroxylation sites is 1. The molecule has 0 radical (unpaired) electrons. The Kier molecular flexibility index (Phi) is 6.38. The number of alkyl halides is 1. The fourth-order valence-electron chi connectivity index (χ4n) is 2.69. The molecule has 21 heavy (non-hydrogen) atoms. The minimum Gasteiger partial charge on any atom is -0.327 e. The summed E-state index contributed by atoms with van der Waals surface area (Å²) in [6, 6.07) is 5.93. The van der Waals surface area contributed by atoms with Crippen LogP contribution in [0.3, 0.4) is 0 Å². The van der Waals surface area contributed by atoms with Crippen molar-refractivity contribution >= 4 is 34.2 Å². The number of unbranched alkanes of at least 4 members (excludes halogenated alkanes) is 3. The molecule has 0 aliphatic heterocycles. The Morgan fingerprint density at radius 1 is 1.14 bits per heavy atom. The van der Waals surface area contributed by atoms with Gasteiger partial charge in [0.05, 0.1) is 16.4 Å². The van der Waals surface area contributed by atoms with Gasteiger partial charge in [-0.05, 0) is 24.5 Å². The van der Waals surface area contributed by atoms with E-state index in [0.29, 0.717) is 10.9 Å². The molecule has 0 aliphatic rings. The zero-order chi connectivity index (χ0) is 15.2. The number of nitrogens with zero attached hydrogens (tertiary/aromatic N) is 2. The van der Waals surface area contributed by atoms with Crippen molar-refractivity contribution < 1.29 is 0 Å². The van der Waals surface area contributed by atoms with Crippen LogP contribution < -0.4 is 0 Å².